The molecule has 1 aliphatic heterocycles. The van der Waals surface area contributed by atoms with Gasteiger partial charge in [0.2, 0.25) is 10.0 Å². The lowest BCUT2D eigenvalue weighted by atomic mass is 10.2. The molecule has 5 nitrogen and oxygen atoms in total. The Bertz CT molecular complexity index is 519. The first-order valence-corrected chi connectivity index (χ1v) is 7.62. The summed E-state index contributed by atoms with van der Waals surface area (Å²) in [4.78, 5) is 5.21. The van der Waals surface area contributed by atoms with E-state index in [0.717, 1.165) is 23.4 Å². The minimum absolute atomic E-state index is 0.126. The summed E-state index contributed by atoms with van der Waals surface area (Å²) in [5.41, 5.74) is 6.60. The van der Waals surface area contributed by atoms with Gasteiger partial charge in [-0.1, -0.05) is 0 Å². The normalized spacial score (nSPS) is 22.0. The predicted molar refractivity (Wildman–Crippen MR) is 62.6 cm³/mol. The quantitative estimate of drug-likeness (QED) is 0.842. The van der Waals surface area contributed by atoms with Crippen LogP contribution >= 0.6 is 11.3 Å². The van der Waals surface area contributed by atoms with E-state index in [4.69, 9.17) is 5.73 Å². The van der Waals surface area contributed by atoms with E-state index in [1.54, 1.807) is 4.31 Å². The molecule has 2 heterocycles. The highest BCUT2D eigenvalue weighted by atomic mass is 32.2. The van der Waals surface area contributed by atoms with Crippen molar-refractivity contribution >= 4 is 26.5 Å². The highest BCUT2D eigenvalue weighted by Gasteiger charge is 2.41. The summed E-state index contributed by atoms with van der Waals surface area (Å²) in [6.45, 7) is 1.01. The molecule has 2 aliphatic rings. The molecule has 1 aliphatic carbocycles. The maximum Gasteiger partial charge on any atom is 0.217 e. The van der Waals surface area contributed by atoms with Crippen LogP contribution in [0.3, 0.4) is 0 Å². The fraction of sp³-hybridized carbons (Fsp3) is 0.667. The highest BCUT2D eigenvalue weighted by molar-refractivity contribution is 7.90. The largest absolute Gasteiger partial charge is 0.375 e. The summed E-state index contributed by atoms with van der Waals surface area (Å²) in [6, 6.07) is 0. The molecule has 1 aromatic rings. The topological polar surface area (TPSA) is 76.3 Å². The van der Waals surface area contributed by atoms with Crippen LogP contribution in [-0.2, 0) is 23.0 Å². The number of nitrogens with two attached hydrogens (primary N) is 1. The maximum atomic E-state index is 12.0. The van der Waals surface area contributed by atoms with Gasteiger partial charge in [0.1, 0.15) is 0 Å². The van der Waals surface area contributed by atoms with Crippen LogP contribution in [0.4, 0.5) is 5.13 Å². The summed E-state index contributed by atoms with van der Waals surface area (Å²) in [5.74, 6) is 0. The van der Waals surface area contributed by atoms with Gasteiger partial charge < -0.3 is 5.73 Å². The summed E-state index contributed by atoms with van der Waals surface area (Å²) >= 11 is 1.40. The third-order valence-corrected chi connectivity index (χ3v) is 6.28. The van der Waals surface area contributed by atoms with Gasteiger partial charge >= 0.3 is 0 Å². The second-order valence-corrected chi connectivity index (χ2v) is 7.58. The van der Waals surface area contributed by atoms with Gasteiger partial charge in [0, 0.05) is 24.4 Å². The Morgan fingerprint density at radius 1 is 1.44 bits per heavy atom. The van der Waals surface area contributed by atoms with E-state index >= 15 is 0 Å². The highest BCUT2D eigenvalue weighted by Crippen LogP contribution is 2.35. The van der Waals surface area contributed by atoms with E-state index in [1.165, 1.54) is 11.3 Å². The number of hydrogen-bond acceptors (Lipinski definition) is 5. The Balaban J connectivity index is 1.87. The predicted octanol–water partition coefficient (Wildman–Crippen LogP) is 0.576. The van der Waals surface area contributed by atoms with Gasteiger partial charge in [-0.25, -0.2) is 13.4 Å². The monoisotopic (exact) mass is 259 g/mol. The molecule has 0 saturated heterocycles. The molecular formula is C9H13N3O2S2. The first-order valence-electron chi connectivity index (χ1n) is 5.30. The molecule has 0 unspecified atom stereocenters. The van der Waals surface area contributed by atoms with E-state index in [-0.39, 0.29) is 5.25 Å². The molecule has 7 heteroatoms. The van der Waals surface area contributed by atoms with Gasteiger partial charge in [0.15, 0.2) is 5.13 Å². The van der Waals surface area contributed by atoms with Crippen LogP contribution in [0, 0.1) is 0 Å². The minimum atomic E-state index is -3.05. The van der Waals surface area contributed by atoms with Crippen molar-refractivity contribution in [2.24, 2.45) is 0 Å². The molecule has 3 rings (SSSR count). The Kier molecular flexibility index (Phi) is 2.24. The Morgan fingerprint density at radius 2 is 2.19 bits per heavy atom. The zero-order valence-electron chi connectivity index (χ0n) is 8.72. The fourth-order valence-corrected chi connectivity index (χ4v) is 4.77. The van der Waals surface area contributed by atoms with E-state index in [0.29, 0.717) is 24.6 Å². The summed E-state index contributed by atoms with van der Waals surface area (Å²) in [6.07, 6.45) is 2.32. The van der Waals surface area contributed by atoms with Crippen molar-refractivity contribution in [2.75, 3.05) is 12.3 Å². The number of anilines is 1. The molecule has 0 amide bonds. The zero-order valence-corrected chi connectivity index (χ0v) is 10.4. The first-order chi connectivity index (χ1) is 7.57. The van der Waals surface area contributed by atoms with Crippen LogP contribution in [0.15, 0.2) is 0 Å². The lowest BCUT2D eigenvalue weighted by Crippen LogP contribution is -2.37. The molecule has 1 aromatic heterocycles. The van der Waals surface area contributed by atoms with Crippen molar-refractivity contribution in [1.82, 2.24) is 9.29 Å². The van der Waals surface area contributed by atoms with Crippen molar-refractivity contribution in [1.29, 1.82) is 0 Å². The summed E-state index contributed by atoms with van der Waals surface area (Å²) < 4.78 is 25.7. The van der Waals surface area contributed by atoms with Crippen molar-refractivity contribution in [3.63, 3.8) is 0 Å². The van der Waals surface area contributed by atoms with Crippen molar-refractivity contribution in [3.8, 4) is 0 Å². The number of rotatable bonds is 2. The number of sulfonamides is 1. The molecule has 0 radical (unpaired) electrons. The lowest BCUT2D eigenvalue weighted by molar-refractivity contribution is 0.392. The number of fused-ring (bicyclic) bond motifs is 1. The van der Waals surface area contributed by atoms with Crippen molar-refractivity contribution < 1.29 is 8.42 Å². The molecule has 1 fully saturated rings. The van der Waals surface area contributed by atoms with Gasteiger partial charge in [0.25, 0.3) is 0 Å². The average Bonchev–Trinajstić information content (AvgIpc) is 3.00. The van der Waals surface area contributed by atoms with Gasteiger partial charge in [-0.3, -0.25) is 0 Å². The van der Waals surface area contributed by atoms with E-state index in [9.17, 15) is 8.42 Å². The number of nitrogens with zero attached hydrogens (tertiary/aromatic N) is 2. The summed E-state index contributed by atoms with van der Waals surface area (Å²) in [7, 11) is -3.05. The Morgan fingerprint density at radius 3 is 2.88 bits per heavy atom. The minimum Gasteiger partial charge on any atom is -0.375 e. The van der Waals surface area contributed by atoms with E-state index in [1.807, 2.05) is 0 Å². The molecule has 88 valence electrons. The third kappa shape index (κ3) is 1.63. The molecular weight excluding hydrogens is 246 g/mol. The maximum absolute atomic E-state index is 12.0. The number of aromatic nitrogens is 1. The lowest BCUT2D eigenvalue weighted by Gasteiger charge is -2.25. The second kappa shape index (κ2) is 3.41. The van der Waals surface area contributed by atoms with Gasteiger partial charge in [0.05, 0.1) is 10.9 Å². The first kappa shape index (κ1) is 10.5. The third-order valence-electron chi connectivity index (χ3n) is 3.02. The molecule has 1 saturated carbocycles. The molecule has 0 aromatic carbocycles. The van der Waals surface area contributed by atoms with E-state index < -0.39 is 10.0 Å². The molecule has 0 atom stereocenters. The standard InChI is InChI=1S/C9H13N3O2S2/c10-9-11-7-3-4-12(5-8(7)15-9)16(13,14)6-1-2-6/h6H,1-5H2,(H2,10,11). The molecule has 0 spiro atoms. The average molecular weight is 259 g/mol. The SMILES string of the molecule is Nc1nc2c(s1)CN(S(=O)(=O)C1CC1)CC2. The van der Waals surface area contributed by atoms with Crippen LogP contribution in [0.2, 0.25) is 0 Å². The van der Waals surface area contributed by atoms with Crippen LogP contribution in [0.5, 0.6) is 0 Å². The zero-order chi connectivity index (χ0) is 11.3. The Labute approximate surface area is 98.3 Å². The number of thiazole rings is 1. The van der Waals surface area contributed by atoms with Crippen LogP contribution in [0.25, 0.3) is 0 Å². The molecule has 0 bridgehead atoms. The fourth-order valence-electron chi connectivity index (χ4n) is 1.99. The number of nitrogen functional groups attached to an aromatic ring is 1. The van der Waals surface area contributed by atoms with Crippen LogP contribution in [0.1, 0.15) is 23.4 Å². The smallest absolute Gasteiger partial charge is 0.217 e. The number of hydrogen-bond donors (Lipinski definition) is 1. The van der Waals surface area contributed by atoms with Crippen LogP contribution in [-0.4, -0.2) is 29.5 Å². The Hall–Kier alpha value is -0.660. The van der Waals surface area contributed by atoms with Gasteiger partial charge in [-0.2, -0.15) is 4.31 Å². The molecule has 16 heavy (non-hydrogen) atoms. The summed E-state index contributed by atoms with van der Waals surface area (Å²) in [5, 5.41) is 0.412. The molecule has 2 N–H and O–H groups in total. The van der Waals surface area contributed by atoms with Crippen molar-refractivity contribution in [2.45, 2.75) is 31.1 Å². The van der Waals surface area contributed by atoms with Gasteiger partial charge in [-0.15, -0.1) is 11.3 Å². The second-order valence-electron chi connectivity index (χ2n) is 4.25. The van der Waals surface area contributed by atoms with Crippen molar-refractivity contribution in [3.05, 3.63) is 10.6 Å². The van der Waals surface area contributed by atoms with Crippen LogP contribution < -0.4 is 5.73 Å². The van der Waals surface area contributed by atoms with E-state index in [2.05, 4.69) is 4.98 Å². The van der Waals surface area contributed by atoms with Gasteiger partial charge in [-0.05, 0) is 12.8 Å².